The van der Waals surface area contributed by atoms with Gasteiger partial charge in [0.1, 0.15) is 0 Å². The van der Waals surface area contributed by atoms with Crippen LogP contribution in [-0.2, 0) is 14.3 Å². The molecule has 1 amide bonds. The van der Waals surface area contributed by atoms with Crippen LogP contribution in [0.3, 0.4) is 0 Å². The van der Waals surface area contributed by atoms with Crippen molar-refractivity contribution in [2.24, 2.45) is 0 Å². The van der Waals surface area contributed by atoms with Crippen LogP contribution in [0.25, 0.3) is 0 Å². The summed E-state index contributed by atoms with van der Waals surface area (Å²) < 4.78 is 5.61. The summed E-state index contributed by atoms with van der Waals surface area (Å²) in [4.78, 5) is 27.2. The number of carbonyl (C=O) groups excluding carboxylic acids is 2. The van der Waals surface area contributed by atoms with Crippen LogP contribution < -0.4 is 0 Å². The van der Waals surface area contributed by atoms with Gasteiger partial charge >= 0.3 is 0 Å². The second kappa shape index (κ2) is 6.22. The average Bonchev–Trinajstić information content (AvgIpc) is 3.24. The zero-order chi connectivity index (χ0) is 15.7. The third kappa shape index (κ3) is 2.57. The molecule has 0 radical (unpaired) electrons. The molecule has 0 saturated carbocycles. The summed E-state index contributed by atoms with van der Waals surface area (Å²) in [5.41, 5.74) is 0.230. The van der Waals surface area contributed by atoms with Crippen molar-refractivity contribution >= 4 is 23.0 Å². The van der Waals surface area contributed by atoms with Gasteiger partial charge in [-0.2, -0.15) is 0 Å². The molecule has 1 fully saturated rings. The minimum atomic E-state index is -0.482. The molecular weight excluding hydrogens is 302 g/mol. The first kappa shape index (κ1) is 15.2. The summed E-state index contributed by atoms with van der Waals surface area (Å²) in [6.45, 7) is 2.85. The van der Waals surface area contributed by atoms with Crippen molar-refractivity contribution in [3.05, 3.63) is 33.7 Å². The molecule has 118 valence electrons. The number of ether oxygens (including phenoxy) is 1. The Kier molecular flexibility index (Phi) is 4.31. The van der Waals surface area contributed by atoms with Crippen molar-refractivity contribution in [2.75, 3.05) is 13.2 Å². The zero-order valence-corrected chi connectivity index (χ0v) is 13.3. The summed E-state index contributed by atoms with van der Waals surface area (Å²) in [7, 11) is 0. The number of rotatable bonds is 5. The van der Waals surface area contributed by atoms with E-state index in [9.17, 15) is 14.7 Å². The molecule has 1 aromatic heterocycles. The van der Waals surface area contributed by atoms with Gasteiger partial charge < -0.3 is 14.7 Å². The quantitative estimate of drug-likeness (QED) is 0.905. The smallest absolute Gasteiger partial charge is 0.290 e. The van der Waals surface area contributed by atoms with Gasteiger partial charge in [-0.3, -0.25) is 9.59 Å². The standard InChI is InChI=1S/C16H19NO4S/c1-2-11(18)13-14(12-6-4-8-22-12)17(16(20)15(13)19)9-10-5-3-7-21-10/h4,6,8,10,14,19H,2-3,5,7,9H2,1H3. The van der Waals surface area contributed by atoms with Crippen LogP contribution in [-0.4, -0.2) is 41.0 Å². The Morgan fingerprint density at radius 1 is 1.55 bits per heavy atom. The maximum Gasteiger partial charge on any atom is 0.290 e. The lowest BCUT2D eigenvalue weighted by atomic mass is 10.0. The van der Waals surface area contributed by atoms with E-state index in [-0.39, 0.29) is 23.9 Å². The molecule has 1 aromatic rings. The summed E-state index contributed by atoms with van der Waals surface area (Å²) in [6, 6.07) is 3.30. The van der Waals surface area contributed by atoms with Crippen molar-refractivity contribution in [3.63, 3.8) is 0 Å². The number of carbonyl (C=O) groups is 2. The minimum absolute atomic E-state index is 0.0182. The SMILES string of the molecule is CCC(=O)C1=C(O)C(=O)N(CC2CCCO2)C1c1cccs1. The van der Waals surface area contributed by atoms with Gasteiger partial charge in [-0.1, -0.05) is 13.0 Å². The van der Waals surface area contributed by atoms with Crippen molar-refractivity contribution in [2.45, 2.75) is 38.3 Å². The number of aliphatic hydroxyl groups is 1. The lowest BCUT2D eigenvalue weighted by Gasteiger charge is -2.27. The third-order valence-corrected chi connectivity index (χ3v) is 5.09. The number of ketones is 1. The number of hydrogen-bond donors (Lipinski definition) is 1. The van der Waals surface area contributed by atoms with Crippen molar-refractivity contribution in [1.82, 2.24) is 4.90 Å². The van der Waals surface area contributed by atoms with Crippen LogP contribution in [0.4, 0.5) is 0 Å². The molecule has 6 heteroatoms. The van der Waals surface area contributed by atoms with Gasteiger partial charge in [0, 0.05) is 24.4 Å². The number of hydrogen-bond acceptors (Lipinski definition) is 5. The predicted molar refractivity (Wildman–Crippen MR) is 82.7 cm³/mol. The van der Waals surface area contributed by atoms with Gasteiger partial charge in [-0.25, -0.2) is 0 Å². The van der Waals surface area contributed by atoms with E-state index >= 15 is 0 Å². The van der Waals surface area contributed by atoms with Gasteiger partial charge in [0.2, 0.25) is 0 Å². The largest absolute Gasteiger partial charge is 0.503 e. The van der Waals surface area contributed by atoms with E-state index in [0.29, 0.717) is 13.2 Å². The van der Waals surface area contributed by atoms with Crippen LogP contribution in [0.2, 0.25) is 0 Å². The molecule has 2 atom stereocenters. The molecule has 2 aliphatic rings. The minimum Gasteiger partial charge on any atom is -0.503 e. The van der Waals surface area contributed by atoms with E-state index < -0.39 is 17.7 Å². The van der Waals surface area contributed by atoms with Crippen LogP contribution in [0.1, 0.15) is 37.1 Å². The molecule has 0 aromatic carbocycles. The van der Waals surface area contributed by atoms with E-state index in [2.05, 4.69) is 0 Å². The lowest BCUT2D eigenvalue weighted by Crippen LogP contribution is -2.37. The Labute approximate surface area is 133 Å². The van der Waals surface area contributed by atoms with Crippen LogP contribution >= 0.6 is 11.3 Å². The van der Waals surface area contributed by atoms with Gasteiger partial charge in [-0.05, 0) is 24.3 Å². The number of aliphatic hydroxyl groups excluding tert-OH is 1. The molecule has 5 nitrogen and oxygen atoms in total. The van der Waals surface area contributed by atoms with E-state index in [1.165, 1.54) is 11.3 Å². The van der Waals surface area contributed by atoms with Gasteiger partial charge in [0.25, 0.3) is 5.91 Å². The first-order chi connectivity index (χ1) is 10.6. The summed E-state index contributed by atoms with van der Waals surface area (Å²) in [6.07, 6.45) is 2.13. The monoisotopic (exact) mass is 321 g/mol. The van der Waals surface area contributed by atoms with Gasteiger partial charge in [0.05, 0.1) is 17.7 Å². The predicted octanol–water partition coefficient (Wildman–Crippen LogP) is 2.60. The molecule has 3 heterocycles. The molecule has 3 rings (SSSR count). The highest BCUT2D eigenvalue weighted by molar-refractivity contribution is 7.10. The fraction of sp³-hybridized carbons (Fsp3) is 0.500. The lowest BCUT2D eigenvalue weighted by molar-refractivity contribution is -0.130. The first-order valence-electron chi connectivity index (χ1n) is 7.55. The van der Waals surface area contributed by atoms with Crippen LogP contribution in [0, 0.1) is 0 Å². The Hall–Kier alpha value is -1.66. The first-order valence-corrected chi connectivity index (χ1v) is 8.43. The van der Waals surface area contributed by atoms with Gasteiger partial charge in [-0.15, -0.1) is 11.3 Å². The molecule has 2 aliphatic heterocycles. The van der Waals surface area contributed by atoms with E-state index in [1.807, 2.05) is 17.5 Å². The average molecular weight is 321 g/mol. The molecule has 1 N–H and O–H groups in total. The van der Waals surface area contributed by atoms with Gasteiger partial charge in [0.15, 0.2) is 11.5 Å². The van der Waals surface area contributed by atoms with Crippen molar-refractivity contribution in [1.29, 1.82) is 0 Å². The molecule has 1 saturated heterocycles. The molecule has 2 unspecified atom stereocenters. The normalized spacial score (nSPS) is 25.3. The topological polar surface area (TPSA) is 66.8 Å². The second-order valence-corrected chi connectivity index (χ2v) is 6.53. The van der Waals surface area contributed by atoms with Crippen molar-refractivity contribution in [3.8, 4) is 0 Å². The van der Waals surface area contributed by atoms with Crippen LogP contribution in [0.15, 0.2) is 28.8 Å². The number of thiophene rings is 1. The Bertz CT molecular complexity index is 602. The third-order valence-electron chi connectivity index (χ3n) is 4.16. The number of Topliss-reactive ketones (excluding diaryl/α,β-unsaturated/α-hetero) is 1. The van der Waals surface area contributed by atoms with Crippen molar-refractivity contribution < 1.29 is 19.4 Å². The molecule has 0 aliphatic carbocycles. The Morgan fingerprint density at radius 3 is 2.95 bits per heavy atom. The van der Waals surface area contributed by atoms with Crippen LogP contribution in [0.5, 0.6) is 0 Å². The zero-order valence-electron chi connectivity index (χ0n) is 12.4. The second-order valence-electron chi connectivity index (χ2n) is 5.55. The highest BCUT2D eigenvalue weighted by Crippen LogP contribution is 2.40. The highest BCUT2D eigenvalue weighted by Gasteiger charge is 2.44. The molecule has 0 bridgehead atoms. The molecule has 0 spiro atoms. The highest BCUT2D eigenvalue weighted by atomic mass is 32.1. The Morgan fingerprint density at radius 2 is 2.36 bits per heavy atom. The fourth-order valence-electron chi connectivity index (χ4n) is 3.07. The van der Waals surface area contributed by atoms with E-state index in [4.69, 9.17) is 4.74 Å². The fourth-order valence-corrected chi connectivity index (χ4v) is 3.91. The maximum atomic E-state index is 12.4. The summed E-state index contributed by atoms with van der Waals surface area (Å²) >= 11 is 1.49. The molecule has 22 heavy (non-hydrogen) atoms. The number of amides is 1. The molecular formula is C16H19NO4S. The Balaban J connectivity index is 1.95. The number of nitrogens with zero attached hydrogens (tertiary/aromatic N) is 1. The van der Waals surface area contributed by atoms with E-state index in [0.717, 1.165) is 17.7 Å². The summed E-state index contributed by atoms with van der Waals surface area (Å²) in [5.74, 6) is -1.05. The van der Waals surface area contributed by atoms with E-state index in [1.54, 1.807) is 11.8 Å². The maximum absolute atomic E-state index is 12.4. The summed E-state index contributed by atoms with van der Waals surface area (Å²) in [5, 5.41) is 12.1.